The van der Waals surface area contributed by atoms with Crippen molar-refractivity contribution < 1.29 is 47.8 Å². The molecule has 0 fully saturated rings. The highest BCUT2D eigenvalue weighted by atomic mass is 31.2. The molecule has 3 unspecified atom stereocenters. The van der Waals surface area contributed by atoms with Gasteiger partial charge in [0.2, 0.25) is 0 Å². The summed E-state index contributed by atoms with van der Waals surface area (Å²) in [5.74, 6) is -0.917. The number of carbonyl (C=O) groups is 2. The Morgan fingerprint density at radius 2 is 0.778 bits per heavy atom. The van der Waals surface area contributed by atoms with Crippen molar-refractivity contribution >= 4 is 19.8 Å². The summed E-state index contributed by atoms with van der Waals surface area (Å²) in [5.41, 5.74) is 0. The highest BCUT2D eigenvalue weighted by molar-refractivity contribution is 7.47. The summed E-state index contributed by atoms with van der Waals surface area (Å²) >= 11 is 0. The molecule has 0 aromatic heterocycles. The molecule has 0 aromatic carbocycles. The Morgan fingerprint density at radius 1 is 0.460 bits per heavy atom. The van der Waals surface area contributed by atoms with E-state index in [0.29, 0.717) is 12.8 Å². The van der Waals surface area contributed by atoms with Gasteiger partial charge in [0.05, 0.1) is 19.8 Å². The van der Waals surface area contributed by atoms with Crippen LogP contribution in [0.4, 0.5) is 0 Å². The predicted molar refractivity (Wildman–Crippen MR) is 261 cm³/mol. The van der Waals surface area contributed by atoms with Gasteiger partial charge in [-0.25, -0.2) is 4.57 Å². The van der Waals surface area contributed by atoms with Crippen molar-refractivity contribution in [1.29, 1.82) is 0 Å². The average molecular weight is 915 g/mol. The number of allylic oxidation sites excluding steroid dienone is 4. The van der Waals surface area contributed by atoms with Gasteiger partial charge in [-0.1, -0.05) is 205 Å². The summed E-state index contributed by atoms with van der Waals surface area (Å²) in [6.07, 6.45) is 51.4. The lowest BCUT2D eigenvalue weighted by atomic mass is 10.1. The highest BCUT2D eigenvalue weighted by Crippen LogP contribution is 2.43. The lowest BCUT2D eigenvalue weighted by Gasteiger charge is -2.20. The second-order valence-electron chi connectivity index (χ2n) is 17.9. The maximum absolute atomic E-state index is 12.7. The number of hydrogen-bond acceptors (Lipinski definition) is 9. The van der Waals surface area contributed by atoms with Crippen LogP contribution in [0.3, 0.4) is 0 Å². The van der Waals surface area contributed by atoms with Crippen molar-refractivity contribution in [2.75, 3.05) is 26.4 Å². The first-order chi connectivity index (χ1) is 30.7. The van der Waals surface area contributed by atoms with Crippen LogP contribution in [0.1, 0.15) is 258 Å². The summed E-state index contributed by atoms with van der Waals surface area (Å²) in [6, 6.07) is 0. The predicted octanol–water partition coefficient (Wildman–Crippen LogP) is 14.9. The molecule has 0 radical (unpaired) electrons. The Hall–Kier alpha value is -1.55. The molecule has 0 rings (SSSR count). The van der Waals surface area contributed by atoms with E-state index < -0.39 is 51.8 Å². The molecule has 0 amide bonds. The SMILES string of the molecule is CCCCCCCC/C=C\CCCCCCCCCCCC(=O)OCC(COP(=O)(O)OCC(O)CO)OC(=O)CCCCCCCCCCC/C=C\CCCCCCCCCC. The quantitative estimate of drug-likeness (QED) is 0.0233. The number of carbonyl (C=O) groups excluding carboxylic acids is 2. The van der Waals surface area contributed by atoms with E-state index in [4.69, 9.17) is 23.6 Å². The number of unbranched alkanes of at least 4 members (excludes halogenated alkanes) is 32. The number of esters is 2. The molecular weight excluding hydrogens is 816 g/mol. The van der Waals surface area contributed by atoms with Crippen LogP contribution < -0.4 is 0 Å². The third-order valence-electron chi connectivity index (χ3n) is 11.6. The molecule has 0 aromatic rings. The van der Waals surface area contributed by atoms with Gasteiger partial charge in [-0.15, -0.1) is 0 Å². The molecule has 0 aliphatic heterocycles. The summed E-state index contributed by atoms with van der Waals surface area (Å²) in [7, 11) is -4.62. The lowest BCUT2D eigenvalue weighted by Crippen LogP contribution is -2.29. The molecule has 0 saturated carbocycles. The van der Waals surface area contributed by atoms with E-state index in [2.05, 4.69) is 38.2 Å². The number of phosphoric acid groups is 1. The second-order valence-corrected chi connectivity index (χ2v) is 19.3. The molecular formula is C52H99O10P. The monoisotopic (exact) mass is 915 g/mol. The minimum Gasteiger partial charge on any atom is -0.462 e. The fourth-order valence-corrected chi connectivity index (χ4v) is 8.30. The van der Waals surface area contributed by atoms with Crippen LogP contribution in [0.25, 0.3) is 0 Å². The van der Waals surface area contributed by atoms with Crippen molar-refractivity contribution in [3.8, 4) is 0 Å². The fraction of sp³-hybridized carbons (Fsp3) is 0.885. The summed E-state index contributed by atoms with van der Waals surface area (Å²) in [6.45, 7) is 2.42. The Bertz CT molecular complexity index is 1100. The lowest BCUT2D eigenvalue weighted by molar-refractivity contribution is -0.161. The van der Waals surface area contributed by atoms with Crippen LogP contribution in [0.2, 0.25) is 0 Å². The van der Waals surface area contributed by atoms with Gasteiger partial charge in [0.25, 0.3) is 0 Å². The van der Waals surface area contributed by atoms with Gasteiger partial charge in [0, 0.05) is 12.8 Å². The van der Waals surface area contributed by atoms with E-state index in [1.165, 1.54) is 180 Å². The Balaban J connectivity index is 4.15. The van der Waals surface area contributed by atoms with Crippen LogP contribution in [-0.4, -0.2) is 65.7 Å². The molecule has 11 heteroatoms. The van der Waals surface area contributed by atoms with Crippen LogP contribution >= 0.6 is 7.82 Å². The zero-order valence-electron chi connectivity index (χ0n) is 40.8. The van der Waals surface area contributed by atoms with Crippen LogP contribution in [-0.2, 0) is 32.7 Å². The van der Waals surface area contributed by atoms with Crippen LogP contribution in [0, 0.1) is 0 Å². The van der Waals surface area contributed by atoms with Gasteiger partial charge in [0.1, 0.15) is 12.7 Å². The molecule has 0 spiro atoms. The Labute approximate surface area is 387 Å². The minimum absolute atomic E-state index is 0.184. The van der Waals surface area contributed by atoms with Crippen LogP contribution in [0.5, 0.6) is 0 Å². The molecule has 63 heavy (non-hydrogen) atoms. The van der Waals surface area contributed by atoms with Crippen LogP contribution in [0.15, 0.2) is 24.3 Å². The van der Waals surface area contributed by atoms with Gasteiger partial charge in [-0.2, -0.15) is 0 Å². The van der Waals surface area contributed by atoms with Crippen molar-refractivity contribution in [3.63, 3.8) is 0 Å². The van der Waals surface area contributed by atoms with E-state index in [1.807, 2.05) is 0 Å². The highest BCUT2D eigenvalue weighted by Gasteiger charge is 2.27. The maximum atomic E-state index is 12.7. The molecule has 10 nitrogen and oxygen atoms in total. The van der Waals surface area contributed by atoms with E-state index in [9.17, 15) is 24.2 Å². The fourth-order valence-electron chi connectivity index (χ4n) is 7.51. The maximum Gasteiger partial charge on any atom is 0.472 e. The number of aliphatic hydroxyl groups excluding tert-OH is 2. The largest absolute Gasteiger partial charge is 0.472 e. The molecule has 0 saturated heterocycles. The van der Waals surface area contributed by atoms with E-state index in [1.54, 1.807) is 0 Å². The second kappa shape index (κ2) is 48.4. The topological polar surface area (TPSA) is 149 Å². The summed E-state index contributed by atoms with van der Waals surface area (Å²) < 4.78 is 32.9. The van der Waals surface area contributed by atoms with Crippen molar-refractivity contribution in [1.82, 2.24) is 0 Å². The van der Waals surface area contributed by atoms with E-state index in [-0.39, 0.29) is 19.4 Å². The number of ether oxygens (including phenoxy) is 2. The Morgan fingerprint density at radius 3 is 1.14 bits per heavy atom. The first kappa shape index (κ1) is 61.5. The van der Waals surface area contributed by atoms with Gasteiger partial charge in [-0.3, -0.25) is 18.6 Å². The molecule has 3 N–H and O–H groups in total. The van der Waals surface area contributed by atoms with Crippen molar-refractivity contribution in [2.24, 2.45) is 0 Å². The molecule has 0 aliphatic rings. The smallest absolute Gasteiger partial charge is 0.462 e. The standard InChI is InChI=1S/C52H99O10P/c1-3-5-7-9-11-13-15-17-19-21-23-24-26-28-30-32-34-36-38-40-42-44-52(56)62-50(48-61-63(57,58)60-46-49(54)45-53)47-59-51(55)43-41-39-37-35-33-31-29-27-25-22-20-18-16-14-12-10-8-6-4-2/h18,20-21,23,49-50,53-54H,3-17,19,22,24-48H2,1-2H3,(H,57,58)/b20-18-,23-21-. The average Bonchev–Trinajstić information content (AvgIpc) is 3.27. The third-order valence-corrected chi connectivity index (χ3v) is 12.5. The molecule has 0 aliphatic carbocycles. The molecule has 372 valence electrons. The molecule has 0 bridgehead atoms. The number of aliphatic hydroxyl groups is 2. The first-order valence-corrected chi connectivity index (χ1v) is 27.8. The van der Waals surface area contributed by atoms with E-state index in [0.717, 1.165) is 38.5 Å². The zero-order chi connectivity index (χ0) is 46.2. The van der Waals surface area contributed by atoms with Gasteiger partial charge in [-0.05, 0) is 64.2 Å². The van der Waals surface area contributed by atoms with Gasteiger partial charge < -0.3 is 24.6 Å². The summed E-state index contributed by atoms with van der Waals surface area (Å²) in [5, 5.41) is 18.4. The third kappa shape index (κ3) is 48.2. The molecule has 3 atom stereocenters. The minimum atomic E-state index is -4.62. The first-order valence-electron chi connectivity index (χ1n) is 26.3. The van der Waals surface area contributed by atoms with E-state index >= 15 is 0 Å². The van der Waals surface area contributed by atoms with Crippen molar-refractivity contribution in [3.05, 3.63) is 24.3 Å². The normalized spacial score (nSPS) is 13.8. The number of hydrogen-bond donors (Lipinski definition) is 3. The number of rotatable bonds is 50. The summed E-state index contributed by atoms with van der Waals surface area (Å²) in [4.78, 5) is 35.2. The van der Waals surface area contributed by atoms with Crippen molar-refractivity contribution in [2.45, 2.75) is 270 Å². The number of phosphoric ester groups is 1. The van der Waals surface area contributed by atoms with Gasteiger partial charge in [0.15, 0.2) is 6.10 Å². The van der Waals surface area contributed by atoms with Gasteiger partial charge >= 0.3 is 19.8 Å². The molecule has 0 heterocycles. The Kier molecular flexibility index (Phi) is 47.2. The zero-order valence-corrected chi connectivity index (χ0v) is 41.7.